The lowest BCUT2D eigenvalue weighted by Gasteiger charge is -2.27. The molecule has 1 atom stereocenters. The van der Waals surface area contributed by atoms with E-state index in [1.807, 2.05) is 0 Å². The van der Waals surface area contributed by atoms with E-state index in [1.54, 1.807) is 0 Å². The highest BCUT2D eigenvalue weighted by molar-refractivity contribution is 9.10. The van der Waals surface area contributed by atoms with Crippen LogP contribution in [0.3, 0.4) is 0 Å². The third-order valence-corrected chi connectivity index (χ3v) is 4.62. The van der Waals surface area contributed by atoms with Gasteiger partial charge < -0.3 is 10.2 Å². The van der Waals surface area contributed by atoms with Gasteiger partial charge in [0.05, 0.1) is 0 Å². The molecule has 1 aliphatic rings. The average molecular weight is 345 g/mol. The lowest BCUT2D eigenvalue weighted by atomic mass is 9.88. The summed E-state index contributed by atoms with van der Waals surface area (Å²) >= 11 is 3.56. The number of aryl methyl sites for hydroxylation is 1. The van der Waals surface area contributed by atoms with E-state index >= 15 is 0 Å². The van der Waals surface area contributed by atoms with Crippen LogP contribution < -0.4 is 10.2 Å². The lowest BCUT2D eigenvalue weighted by Crippen LogP contribution is -2.27. The summed E-state index contributed by atoms with van der Waals surface area (Å²) < 4.78 is 1.19. The third-order valence-electron chi connectivity index (χ3n) is 4.13. The fourth-order valence-corrected chi connectivity index (χ4v) is 3.36. The Bertz CT molecular complexity index is 637. The van der Waals surface area contributed by atoms with E-state index in [1.165, 1.54) is 33.4 Å². The molecule has 3 heteroatoms. The highest BCUT2D eigenvalue weighted by Crippen LogP contribution is 2.27. The van der Waals surface area contributed by atoms with Crippen LogP contribution in [0.2, 0.25) is 0 Å². The summed E-state index contributed by atoms with van der Waals surface area (Å²) in [6.07, 6.45) is 3.45. The largest absolute Gasteiger partial charge is 0.382 e. The molecule has 2 aromatic carbocycles. The van der Waals surface area contributed by atoms with Gasteiger partial charge >= 0.3 is 0 Å². The van der Waals surface area contributed by atoms with Crippen molar-refractivity contribution in [1.29, 1.82) is 0 Å². The second-order valence-corrected chi connectivity index (χ2v) is 6.86. The molecule has 110 valence electrons. The predicted octanol–water partition coefficient (Wildman–Crippen LogP) is 4.48. The first-order valence-corrected chi connectivity index (χ1v) is 8.22. The minimum atomic E-state index is 0.524. The van der Waals surface area contributed by atoms with Crippen LogP contribution in [-0.4, -0.2) is 20.1 Å². The van der Waals surface area contributed by atoms with Crippen LogP contribution in [0.4, 0.5) is 11.4 Å². The average Bonchev–Trinajstić information content (AvgIpc) is 2.48. The number of benzene rings is 2. The summed E-state index contributed by atoms with van der Waals surface area (Å²) in [5.41, 5.74) is 5.42. The zero-order valence-corrected chi connectivity index (χ0v) is 14.2. The third kappa shape index (κ3) is 3.41. The topological polar surface area (TPSA) is 15.3 Å². The normalized spacial score (nSPS) is 17.2. The van der Waals surface area contributed by atoms with Gasteiger partial charge in [0.1, 0.15) is 0 Å². The Kier molecular flexibility index (Phi) is 4.20. The molecule has 0 aliphatic heterocycles. The van der Waals surface area contributed by atoms with Crippen molar-refractivity contribution < 1.29 is 0 Å². The lowest BCUT2D eigenvalue weighted by molar-refractivity contribution is 0.610. The van der Waals surface area contributed by atoms with Gasteiger partial charge in [-0.25, -0.2) is 0 Å². The molecule has 1 N–H and O–H groups in total. The smallest absolute Gasteiger partial charge is 0.0381 e. The SMILES string of the molecule is CN(C)c1cccc(NC2CCc3cc(Br)ccc3C2)c1. The van der Waals surface area contributed by atoms with E-state index in [4.69, 9.17) is 0 Å². The molecule has 0 bridgehead atoms. The molecule has 0 saturated carbocycles. The summed E-state index contributed by atoms with van der Waals surface area (Å²) in [6.45, 7) is 0. The Morgan fingerprint density at radius 3 is 2.76 bits per heavy atom. The molecular weight excluding hydrogens is 324 g/mol. The number of fused-ring (bicyclic) bond motifs is 1. The van der Waals surface area contributed by atoms with Gasteiger partial charge in [0.2, 0.25) is 0 Å². The van der Waals surface area contributed by atoms with Gasteiger partial charge in [-0.1, -0.05) is 28.1 Å². The zero-order valence-electron chi connectivity index (χ0n) is 12.6. The Labute approximate surface area is 135 Å². The van der Waals surface area contributed by atoms with Crippen LogP contribution in [0.1, 0.15) is 17.5 Å². The number of halogens is 1. The molecule has 0 radical (unpaired) electrons. The molecule has 21 heavy (non-hydrogen) atoms. The monoisotopic (exact) mass is 344 g/mol. The van der Waals surface area contributed by atoms with Crippen molar-refractivity contribution in [2.45, 2.75) is 25.3 Å². The van der Waals surface area contributed by atoms with Gasteiger partial charge in [0.25, 0.3) is 0 Å². The predicted molar refractivity (Wildman–Crippen MR) is 94.3 cm³/mol. The van der Waals surface area contributed by atoms with Gasteiger partial charge in [0.15, 0.2) is 0 Å². The highest BCUT2D eigenvalue weighted by Gasteiger charge is 2.18. The first-order valence-electron chi connectivity index (χ1n) is 7.43. The number of nitrogens with zero attached hydrogens (tertiary/aromatic N) is 1. The van der Waals surface area contributed by atoms with Crippen molar-refractivity contribution in [3.63, 3.8) is 0 Å². The fraction of sp³-hybridized carbons (Fsp3) is 0.333. The fourth-order valence-electron chi connectivity index (χ4n) is 2.96. The van der Waals surface area contributed by atoms with Crippen LogP contribution in [0.25, 0.3) is 0 Å². The molecule has 0 amide bonds. The summed E-state index contributed by atoms with van der Waals surface area (Å²) in [6, 6.07) is 15.8. The number of hydrogen-bond donors (Lipinski definition) is 1. The number of hydrogen-bond acceptors (Lipinski definition) is 2. The molecule has 0 fully saturated rings. The molecule has 2 nitrogen and oxygen atoms in total. The van der Waals surface area contributed by atoms with Crippen molar-refractivity contribution >= 4 is 27.3 Å². The molecule has 1 unspecified atom stereocenters. The summed E-state index contributed by atoms with van der Waals surface area (Å²) in [5.74, 6) is 0. The van der Waals surface area contributed by atoms with Crippen LogP contribution in [-0.2, 0) is 12.8 Å². The van der Waals surface area contributed by atoms with Crippen LogP contribution in [0.5, 0.6) is 0 Å². The van der Waals surface area contributed by atoms with Crippen molar-refractivity contribution in [3.8, 4) is 0 Å². The number of anilines is 2. The van der Waals surface area contributed by atoms with Crippen molar-refractivity contribution in [2.24, 2.45) is 0 Å². The van der Waals surface area contributed by atoms with E-state index in [2.05, 4.69) is 82.7 Å². The Morgan fingerprint density at radius 2 is 1.95 bits per heavy atom. The van der Waals surface area contributed by atoms with E-state index in [0.29, 0.717) is 6.04 Å². The second-order valence-electron chi connectivity index (χ2n) is 5.94. The molecular formula is C18H21BrN2. The quantitative estimate of drug-likeness (QED) is 0.882. The molecule has 3 rings (SSSR count). The molecule has 1 aliphatic carbocycles. The Morgan fingerprint density at radius 1 is 1.10 bits per heavy atom. The van der Waals surface area contributed by atoms with Crippen molar-refractivity contribution in [2.75, 3.05) is 24.3 Å². The molecule has 2 aromatic rings. The molecule has 0 aromatic heterocycles. The van der Waals surface area contributed by atoms with Gasteiger partial charge in [-0.3, -0.25) is 0 Å². The summed E-state index contributed by atoms with van der Waals surface area (Å²) in [5, 5.41) is 3.69. The maximum Gasteiger partial charge on any atom is 0.0381 e. The van der Waals surface area contributed by atoms with Crippen molar-refractivity contribution in [3.05, 3.63) is 58.1 Å². The Balaban J connectivity index is 1.72. The minimum absolute atomic E-state index is 0.524. The van der Waals surface area contributed by atoms with E-state index in [9.17, 15) is 0 Å². The van der Waals surface area contributed by atoms with Crippen molar-refractivity contribution in [1.82, 2.24) is 0 Å². The van der Waals surface area contributed by atoms with Crippen LogP contribution in [0.15, 0.2) is 46.9 Å². The molecule has 0 spiro atoms. The Hall–Kier alpha value is -1.48. The first kappa shape index (κ1) is 14.5. The highest BCUT2D eigenvalue weighted by atomic mass is 79.9. The van der Waals surface area contributed by atoms with E-state index in [0.717, 1.165) is 12.8 Å². The van der Waals surface area contributed by atoms with Crippen LogP contribution in [0, 0.1) is 0 Å². The minimum Gasteiger partial charge on any atom is -0.382 e. The van der Waals surface area contributed by atoms with Gasteiger partial charge in [-0.05, 0) is 60.7 Å². The zero-order chi connectivity index (χ0) is 14.8. The number of nitrogens with one attached hydrogen (secondary N) is 1. The van der Waals surface area contributed by atoms with Gasteiger partial charge in [-0.2, -0.15) is 0 Å². The van der Waals surface area contributed by atoms with Gasteiger partial charge in [-0.15, -0.1) is 0 Å². The maximum atomic E-state index is 3.69. The molecule has 0 saturated heterocycles. The first-order chi connectivity index (χ1) is 10.1. The van der Waals surface area contributed by atoms with Gasteiger partial charge in [0, 0.05) is 36.0 Å². The summed E-state index contributed by atoms with van der Waals surface area (Å²) in [4.78, 5) is 2.14. The van der Waals surface area contributed by atoms with E-state index < -0.39 is 0 Å². The van der Waals surface area contributed by atoms with E-state index in [-0.39, 0.29) is 0 Å². The second kappa shape index (κ2) is 6.10. The maximum absolute atomic E-state index is 3.69. The van der Waals surface area contributed by atoms with Crippen LogP contribution >= 0.6 is 15.9 Å². The molecule has 0 heterocycles. The standard InChI is InChI=1S/C18H21BrN2/c1-21(2)18-5-3-4-16(12-18)20-17-9-7-13-10-15(19)8-6-14(13)11-17/h3-6,8,10,12,17,20H,7,9,11H2,1-2H3. The summed E-state index contributed by atoms with van der Waals surface area (Å²) in [7, 11) is 4.15. The number of rotatable bonds is 3.